The van der Waals surface area contributed by atoms with Crippen LogP contribution in [0.25, 0.3) is 0 Å². The van der Waals surface area contributed by atoms with Gasteiger partial charge in [-0.15, -0.1) is 12.4 Å². The summed E-state index contributed by atoms with van der Waals surface area (Å²) in [5.74, 6) is -0.0357. The molecule has 0 aromatic heterocycles. The number of aryl methyl sites for hydroxylation is 1. The number of halogens is 1. The maximum atomic E-state index is 11.9. The molecule has 1 atom stereocenters. The third-order valence-electron chi connectivity index (χ3n) is 3.74. The standard InChI is InChI=1S/C15H22N2O3S.ClH/c1-21(19,20)9-3-6-15(18)17-14-5-2-4-11-10-12(16)7-8-13(11)14;/h7-8,10,14H,2-6,9,16H2,1H3,(H,17,18);1H. The summed E-state index contributed by atoms with van der Waals surface area (Å²) in [7, 11) is -3.00. The van der Waals surface area contributed by atoms with Crippen molar-refractivity contribution in [2.24, 2.45) is 0 Å². The lowest BCUT2D eigenvalue weighted by atomic mass is 9.87. The maximum absolute atomic E-state index is 11.9. The summed E-state index contributed by atoms with van der Waals surface area (Å²) in [4.78, 5) is 11.9. The highest BCUT2D eigenvalue weighted by atomic mass is 35.5. The molecular formula is C15H23ClN2O3S. The summed E-state index contributed by atoms with van der Waals surface area (Å²) < 4.78 is 22.1. The Labute approximate surface area is 138 Å². The normalized spacial score (nSPS) is 17.2. The number of nitrogens with two attached hydrogens (primary N) is 1. The molecule has 7 heteroatoms. The first kappa shape index (κ1) is 18.8. The first-order valence-corrected chi connectivity index (χ1v) is 9.26. The van der Waals surface area contributed by atoms with E-state index in [1.54, 1.807) is 0 Å². The van der Waals surface area contributed by atoms with Crippen molar-refractivity contribution in [2.45, 2.75) is 38.1 Å². The Balaban J connectivity index is 0.00000242. The Morgan fingerprint density at radius 2 is 2.14 bits per heavy atom. The first-order valence-electron chi connectivity index (χ1n) is 7.20. The van der Waals surface area contributed by atoms with Crippen molar-refractivity contribution in [1.29, 1.82) is 0 Å². The molecule has 1 aliphatic rings. The Kier molecular flexibility index (Phi) is 6.68. The van der Waals surface area contributed by atoms with Gasteiger partial charge in [0.1, 0.15) is 9.84 Å². The van der Waals surface area contributed by atoms with E-state index in [9.17, 15) is 13.2 Å². The minimum absolute atomic E-state index is 0. The van der Waals surface area contributed by atoms with Crippen molar-refractivity contribution in [3.8, 4) is 0 Å². The van der Waals surface area contributed by atoms with E-state index in [1.807, 2.05) is 18.2 Å². The van der Waals surface area contributed by atoms with Crippen LogP contribution in [0.2, 0.25) is 0 Å². The van der Waals surface area contributed by atoms with Crippen molar-refractivity contribution in [2.75, 3.05) is 17.7 Å². The van der Waals surface area contributed by atoms with Crippen molar-refractivity contribution in [3.63, 3.8) is 0 Å². The molecule has 0 bridgehead atoms. The molecule has 5 nitrogen and oxygen atoms in total. The lowest BCUT2D eigenvalue weighted by Gasteiger charge is -2.26. The van der Waals surface area contributed by atoms with E-state index >= 15 is 0 Å². The Morgan fingerprint density at radius 3 is 2.82 bits per heavy atom. The number of benzene rings is 1. The molecule has 124 valence electrons. The zero-order valence-electron chi connectivity index (χ0n) is 12.7. The molecule has 3 N–H and O–H groups in total. The highest BCUT2D eigenvalue weighted by Gasteiger charge is 2.21. The van der Waals surface area contributed by atoms with Gasteiger partial charge in [0.15, 0.2) is 0 Å². The molecule has 1 aromatic rings. The van der Waals surface area contributed by atoms with Gasteiger partial charge in [-0.3, -0.25) is 4.79 Å². The van der Waals surface area contributed by atoms with E-state index in [2.05, 4.69) is 5.32 Å². The minimum Gasteiger partial charge on any atom is -0.399 e. The first-order chi connectivity index (χ1) is 9.85. The van der Waals surface area contributed by atoms with E-state index in [0.29, 0.717) is 6.42 Å². The minimum atomic E-state index is -3.00. The van der Waals surface area contributed by atoms with Crippen molar-refractivity contribution in [1.82, 2.24) is 5.32 Å². The highest BCUT2D eigenvalue weighted by Crippen LogP contribution is 2.31. The Morgan fingerprint density at radius 1 is 1.41 bits per heavy atom. The summed E-state index contributed by atoms with van der Waals surface area (Å²) in [6, 6.07) is 5.82. The van der Waals surface area contributed by atoms with Crippen LogP contribution in [0.1, 0.15) is 42.9 Å². The van der Waals surface area contributed by atoms with E-state index < -0.39 is 9.84 Å². The van der Waals surface area contributed by atoms with Gasteiger partial charge in [0.25, 0.3) is 0 Å². The number of sulfone groups is 1. The third-order valence-corrected chi connectivity index (χ3v) is 4.77. The molecule has 0 aliphatic heterocycles. The van der Waals surface area contributed by atoms with Gasteiger partial charge in [0.05, 0.1) is 11.8 Å². The molecule has 1 aromatic carbocycles. The molecular weight excluding hydrogens is 324 g/mol. The molecule has 22 heavy (non-hydrogen) atoms. The molecule has 0 spiro atoms. The van der Waals surface area contributed by atoms with E-state index in [1.165, 1.54) is 11.8 Å². The van der Waals surface area contributed by atoms with Crippen LogP contribution in [-0.2, 0) is 21.1 Å². The fourth-order valence-corrected chi connectivity index (χ4v) is 3.41. The van der Waals surface area contributed by atoms with Crippen LogP contribution < -0.4 is 11.1 Å². The number of anilines is 1. The van der Waals surface area contributed by atoms with E-state index in [-0.39, 0.29) is 36.5 Å². The third kappa shape index (κ3) is 5.50. The lowest BCUT2D eigenvalue weighted by Crippen LogP contribution is -2.31. The van der Waals surface area contributed by atoms with Crippen molar-refractivity contribution in [3.05, 3.63) is 29.3 Å². The molecule has 1 aliphatic carbocycles. The van der Waals surface area contributed by atoms with Crippen LogP contribution in [0.4, 0.5) is 5.69 Å². The van der Waals surface area contributed by atoms with Gasteiger partial charge in [-0.05, 0) is 48.9 Å². The smallest absolute Gasteiger partial charge is 0.220 e. The van der Waals surface area contributed by atoms with Gasteiger partial charge in [-0.2, -0.15) is 0 Å². The fourth-order valence-electron chi connectivity index (χ4n) is 2.75. The van der Waals surface area contributed by atoms with Crippen LogP contribution in [-0.4, -0.2) is 26.3 Å². The lowest BCUT2D eigenvalue weighted by molar-refractivity contribution is -0.121. The average molecular weight is 347 g/mol. The van der Waals surface area contributed by atoms with Crippen LogP contribution in [0, 0.1) is 0 Å². The Bertz CT molecular complexity index is 632. The maximum Gasteiger partial charge on any atom is 0.220 e. The molecule has 0 radical (unpaired) electrons. The number of fused-ring (bicyclic) bond motifs is 1. The number of carbonyl (C=O) groups excluding carboxylic acids is 1. The molecule has 2 rings (SSSR count). The van der Waals surface area contributed by atoms with Crippen LogP contribution in [0.15, 0.2) is 18.2 Å². The van der Waals surface area contributed by atoms with E-state index in [0.717, 1.165) is 30.5 Å². The number of nitrogens with one attached hydrogen (secondary N) is 1. The molecule has 0 heterocycles. The van der Waals surface area contributed by atoms with Crippen molar-refractivity contribution < 1.29 is 13.2 Å². The number of amides is 1. The van der Waals surface area contributed by atoms with Gasteiger partial charge in [-0.1, -0.05) is 6.07 Å². The topological polar surface area (TPSA) is 89.3 Å². The predicted octanol–water partition coefficient (Wildman–Crippen LogP) is 2.01. The quantitative estimate of drug-likeness (QED) is 0.798. The van der Waals surface area contributed by atoms with Crippen molar-refractivity contribution >= 4 is 33.8 Å². The molecule has 0 saturated heterocycles. The number of hydrogen-bond acceptors (Lipinski definition) is 4. The van der Waals surface area contributed by atoms with Crippen LogP contribution >= 0.6 is 12.4 Å². The SMILES string of the molecule is CS(=O)(=O)CCCC(=O)NC1CCCc2cc(N)ccc21.Cl. The second kappa shape index (κ2) is 7.83. The van der Waals surface area contributed by atoms with Crippen LogP contribution in [0.3, 0.4) is 0 Å². The highest BCUT2D eigenvalue weighted by molar-refractivity contribution is 7.90. The van der Waals surface area contributed by atoms with Gasteiger partial charge >= 0.3 is 0 Å². The molecule has 0 saturated carbocycles. The van der Waals surface area contributed by atoms with Gasteiger partial charge in [0.2, 0.25) is 5.91 Å². The fraction of sp³-hybridized carbons (Fsp3) is 0.533. The molecule has 1 amide bonds. The van der Waals surface area contributed by atoms with Gasteiger partial charge in [0, 0.05) is 18.4 Å². The summed E-state index contributed by atoms with van der Waals surface area (Å²) in [6.45, 7) is 0. The predicted molar refractivity (Wildman–Crippen MR) is 90.9 cm³/mol. The van der Waals surface area contributed by atoms with Crippen LogP contribution in [0.5, 0.6) is 0 Å². The largest absolute Gasteiger partial charge is 0.399 e. The summed E-state index contributed by atoms with van der Waals surface area (Å²) in [6.07, 6.45) is 4.72. The zero-order valence-corrected chi connectivity index (χ0v) is 14.3. The number of hydrogen-bond donors (Lipinski definition) is 2. The van der Waals surface area contributed by atoms with Gasteiger partial charge < -0.3 is 11.1 Å². The number of carbonyl (C=O) groups is 1. The monoisotopic (exact) mass is 346 g/mol. The zero-order chi connectivity index (χ0) is 15.5. The summed E-state index contributed by atoms with van der Waals surface area (Å²) in [5.41, 5.74) is 8.86. The molecule has 0 fully saturated rings. The Hall–Kier alpha value is -1.27. The van der Waals surface area contributed by atoms with Gasteiger partial charge in [-0.25, -0.2) is 8.42 Å². The number of nitrogen functional groups attached to an aromatic ring is 1. The summed E-state index contributed by atoms with van der Waals surface area (Å²) in [5, 5.41) is 3.01. The second-order valence-corrected chi connectivity index (χ2v) is 7.96. The average Bonchev–Trinajstić information content (AvgIpc) is 2.37. The summed E-state index contributed by atoms with van der Waals surface area (Å²) >= 11 is 0. The number of rotatable bonds is 5. The molecule has 1 unspecified atom stereocenters. The second-order valence-electron chi connectivity index (χ2n) is 5.70. The van der Waals surface area contributed by atoms with E-state index in [4.69, 9.17) is 5.73 Å².